The van der Waals surface area contributed by atoms with Crippen LogP contribution in [0.15, 0.2) is 12.3 Å². The van der Waals surface area contributed by atoms with Crippen molar-refractivity contribution in [2.75, 3.05) is 0 Å². The summed E-state index contributed by atoms with van der Waals surface area (Å²) >= 11 is 0. The molecule has 3 nitrogen and oxygen atoms in total. The topological polar surface area (TPSA) is 41.6 Å². The van der Waals surface area contributed by atoms with Crippen molar-refractivity contribution in [3.05, 3.63) is 24.0 Å². The molecule has 0 atom stereocenters. The van der Waals surface area contributed by atoms with Crippen molar-refractivity contribution in [2.45, 2.75) is 6.92 Å². The van der Waals surface area contributed by atoms with E-state index in [1.807, 2.05) is 6.07 Å². The summed E-state index contributed by atoms with van der Waals surface area (Å²) in [5.41, 5.74) is 1.21. The van der Waals surface area contributed by atoms with Gasteiger partial charge in [0.25, 0.3) is 0 Å². The van der Waals surface area contributed by atoms with Crippen molar-refractivity contribution in [1.82, 2.24) is 15.0 Å². The van der Waals surface area contributed by atoms with E-state index in [-0.39, 0.29) is 0 Å². The molecule has 4 heteroatoms. The van der Waals surface area contributed by atoms with Gasteiger partial charge in [0.05, 0.1) is 5.69 Å². The van der Waals surface area contributed by atoms with Crippen molar-refractivity contribution >= 4 is 11.0 Å². The molecule has 0 aliphatic heterocycles. The number of rotatable bonds is 0. The van der Waals surface area contributed by atoms with E-state index in [9.17, 15) is 4.39 Å². The number of nitrogens with one attached hydrogen (secondary N) is 1. The zero-order valence-electron chi connectivity index (χ0n) is 5.93. The summed E-state index contributed by atoms with van der Waals surface area (Å²) in [6.07, 6.45) is 1.03. The predicted octanol–water partition coefficient (Wildman–Crippen LogP) is 1.41. The molecule has 0 radical (unpaired) electrons. The lowest BCUT2D eigenvalue weighted by molar-refractivity contribution is 0.540. The molecule has 2 heterocycles. The van der Waals surface area contributed by atoms with Gasteiger partial charge in [-0.25, -0.2) is 4.98 Å². The first-order valence-electron chi connectivity index (χ1n) is 3.24. The van der Waals surface area contributed by atoms with Crippen LogP contribution in [0, 0.1) is 13.0 Å². The standard InChI is InChI=1S/C7H6FN3/c1-4-5-2-3-9-6(5)11-7(8)10-4/h2-3H,1H3,(H,9,10,11). The molecule has 0 fully saturated rings. The second-order valence-electron chi connectivity index (χ2n) is 2.32. The Bertz CT molecular complexity index is 393. The number of hydrogen-bond acceptors (Lipinski definition) is 2. The SMILES string of the molecule is Cc1nc(F)nc2[nH]ccc12. The van der Waals surface area contributed by atoms with Crippen molar-refractivity contribution in [3.63, 3.8) is 0 Å². The van der Waals surface area contributed by atoms with Crippen molar-refractivity contribution < 1.29 is 4.39 Å². The Kier molecular flexibility index (Phi) is 1.15. The lowest BCUT2D eigenvalue weighted by Crippen LogP contribution is -1.92. The molecule has 0 unspecified atom stereocenters. The molecule has 0 aliphatic carbocycles. The highest BCUT2D eigenvalue weighted by molar-refractivity contribution is 5.77. The van der Waals surface area contributed by atoms with E-state index in [4.69, 9.17) is 0 Å². The van der Waals surface area contributed by atoms with Crippen molar-refractivity contribution in [1.29, 1.82) is 0 Å². The number of aromatic nitrogens is 3. The Balaban J connectivity index is 2.91. The number of nitrogens with zero attached hydrogens (tertiary/aromatic N) is 2. The van der Waals surface area contributed by atoms with Gasteiger partial charge in [-0.05, 0) is 13.0 Å². The van der Waals surface area contributed by atoms with Crippen LogP contribution in [0.1, 0.15) is 5.69 Å². The highest BCUT2D eigenvalue weighted by Gasteiger charge is 2.02. The van der Waals surface area contributed by atoms with Crippen LogP contribution in [0.5, 0.6) is 0 Å². The average Bonchev–Trinajstić information content (AvgIpc) is 2.34. The number of aryl methyl sites for hydroxylation is 1. The minimum absolute atomic E-state index is 0.551. The maximum atomic E-state index is 12.5. The van der Waals surface area contributed by atoms with Crippen LogP contribution >= 0.6 is 0 Å². The van der Waals surface area contributed by atoms with Gasteiger partial charge < -0.3 is 4.98 Å². The molecule has 1 N–H and O–H groups in total. The summed E-state index contributed by atoms with van der Waals surface area (Å²) in [5.74, 6) is 0. The van der Waals surface area contributed by atoms with E-state index < -0.39 is 6.08 Å². The fraction of sp³-hybridized carbons (Fsp3) is 0.143. The van der Waals surface area contributed by atoms with Gasteiger partial charge in [-0.15, -0.1) is 0 Å². The number of H-pyrrole nitrogens is 1. The summed E-state index contributed by atoms with van der Waals surface area (Å²) in [6, 6.07) is 1.82. The molecule has 0 amide bonds. The van der Waals surface area contributed by atoms with Crippen LogP contribution in [-0.4, -0.2) is 15.0 Å². The average molecular weight is 151 g/mol. The van der Waals surface area contributed by atoms with Crippen LogP contribution in [-0.2, 0) is 0 Å². The van der Waals surface area contributed by atoms with Crippen LogP contribution in [0.25, 0.3) is 11.0 Å². The molecular formula is C7H6FN3. The van der Waals surface area contributed by atoms with Gasteiger partial charge in [-0.2, -0.15) is 9.37 Å². The molecule has 11 heavy (non-hydrogen) atoms. The quantitative estimate of drug-likeness (QED) is 0.578. The number of halogens is 1. The van der Waals surface area contributed by atoms with Gasteiger partial charge in [0.15, 0.2) is 0 Å². The molecule has 2 aromatic heterocycles. The van der Waals surface area contributed by atoms with Gasteiger partial charge in [0.1, 0.15) is 5.65 Å². The van der Waals surface area contributed by atoms with Gasteiger partial charge in [0, 0.05) is 11.6 Å². The lowest BCUT2D eigenvalue weighted by Gasteiger charge is -1.92. The van der Waals surface area contributed by atoms with E-state index in [0.29, 0.717) is 11.3 Å². The zero-order chi connectivity index (χ0) is 7.84. The maximum absolute atomic E-state index is 12.5. The van der Waals surface area contributed by atoms with E-state index >= 15 is 0 Å². The first-order chi connectivity index (χ1) is 5.27. The van der Waals surface area contributed by atoms with Crippen LogP contribution in [0.2, 0.25) is 0 Å². The summed E-state index contributed by atoms with van der Waals surface area (Å²) < 4.78 is 12.5. The summed E-state index contributed by atoms with van der Waals surface area (Å²) in [5, 5.41) is 0.867. The van der Waals surface area contributed by atoms with Gasteiger partial charge in [-0.3, -0.25) is 0 Å². The summed E-state index contributed by atoms with van der Waals surface area (Å²) in [6.45, 7) is 1.75. The smallest absolute Gasteiger partial charge is 0.310 e. The lowest BCUT2D eigenvalue weighted by atomic mass is 10.3. The first kappa shape index (κ1) is 6.27. The number of fused-ring (bicyclic) bond motifs is 1. The van der Waals surface area contributed by atoms with Gasteiger partial charge in [0.2, 0.25) is 0 Å². The monoisotopic (exact) mass is 151 g/mol. The minimum atomic E-state index is -0.683. The number of aromatic amines is 1. The highest BCUT2D eigenvalue weighted by Crippen LogP contribution is 2.11. The highest BCUT2D eigenvalue weighted by atomic mass is 19.1. The second-order valence-corrected chi connectivity index (χ2v) is 2.32. The third-order valence-electron chi connectivity index (χ3n) is 1.58. The molecule has 2 rings (SSSR count). The van der Waals surface area contributed by atoms with Crippen LogP contribution in [0.4, 0.5) is 4.39 Å². The molecule has 0 bridgehead atoms. The maximum Gasteiger partial charge on any atom is 0.310 e. The third kappa shape index (κ3) is 0.869. The van der Waals surface area contributed by atoms with E-state index in [0.717, 1.165) is 5.39 Å². The Morgan fingerprint density at radius 1 is 1.45 bits per heavy atom. The largest absolute Gasteiger partial charge is 0.346 e. The molecule has 0 saturated heterocycles. The molecule has 56 valence electrons. The summed E-state index contributed by atoms with van der Waals surface area (Å²) in [7, 11) is 0. The van der Waals surface area contributed by atoms with E-state index in [2.05, 4.69) is 15.0 Å². The number of hydrogen-bond donors (Lipinski definition) is 1. The van der Waals surface area contributed by atoms with Crippen molar-refractivity contribution in [3.8, 4) is 0 Å². The van der Waals surface area contributed by atoms with E-state index in [1.165, 1.54) is 0 Å². The van der Waals surface area contributed by atoms with Crippen molar-refractivity contribution in [2.24, 2.45) is 0 Å². The fourth-order valence-electron chi connectivity index (χ4n) is 1.06. The molecular weight excluding hydrogens is 145 g/mol. The molecule has 0 saturated carbocycles. The molecule has 0 aliphatic rings. The van der Waals surface area contributed by atoms with Gasteiger partial charge in [-0.1, -0.05) is 0 Å². The Labute approximate surface area is 62.3 Å². The Morgan fingerprint density at radius 3 is 3.09 bits per heavy atom. The van der Waals surface area contributed by atoms with Crippen LogP contribution in [0.3, 0.4) is 0 Å². The zero-order valence-corrected chi connectivity index (χ0v) is 5.93. The van der Waals surface area contributed by atoms with Crippen LogP contribution < -0.4 is 0 Å². The first-order valence-corrected chi connectivity index (χ1v) is 3.24. The normalized spacial score (nSPS) is 10.7. The second kappa shape index (κ2) is 2.02. The predicted molar refractivity (Wildman–Crippen MR) is 38.6 cm³/mol. The Hall–Kier alpha value is -1.45. The third-order valence-corrected chi connectivity index (χ3v) is 1.58. The molecule has 2 aromatic rings. The molecule has 0 spiro atoms. The molecule has 0 aromatic carbocycles. The summed E-state index contributed by atoms with van der Waals surface area (Å²) in [4.78, 5) is 9.95. The Morgan fingerprint density at radius 2 is 2.27 bits per heavy atom. The fourth-order valence-corrected chi connectivity index (χ4v) is 1.06. The van der Waals surface area contributed by atoms with Gasteiger partial charge >= 0.3 is 6.08 Å². The van der Waals surface area contributed by atoms with E-state index in [1.54, 1.807) is 13.1 Å². The minimum Gasteiger partial charge on any atom is -0.346 e.